The molecule has 1 aliphatic carbocycles. The summed E-state index contributed by atoms with van der Waals surface area (Å²) in [6.07, 6.45) is 1.96. The van der Waals surface area contributed by atoms with Gasteiger partial charge in [-0.1, -0.05) is 0 Å². The van der Waals surface area contributed by atoms with Crippen molar-refractivity contribution in [3.8, 4) is 0 Å². The zero-order chi connectivity index (χ0) is 10.1. The van der Waals surface area contributed by atoms with Crippen LogP contribution in [0, 0.1) is 5.41 Å². The number of carboxylic acids is 1. The largest absolute Gasteiger partial charge is 0.481 e. The Hall–Kier alpha value is -1.06. The normalized spacial score (nSPS) is 32.9. The van der Waals surface area contributed by atoms with E-state index in [4.69, 9.17) is 5.11 Å². The van der Waals surface area contributed by atoms with Crippen LogP contribution < -0.4 is 5.32 Å². The van der Waals surface area contributed by atoms with E-state index >= 15 is 0 Å². The molecule has 0 unspecified atom stereocenters. The maximum Gasteiger partial charge on any atom is 0.309 e. The van der Waals surface area contributed by atoms with Gasteiger partial charge in [0.2, 0.25) is 5.91 Å². The lowest BCUT2D eigenvalue weighted by molar-refractivity contribution is -0.147. The van der Waals surface area contributed by atoms with Gasteiger partial charge in [-0.3, -0.25) is 9.59 Å². The zero-order valence-electron chi connectivity index (χ0n) is 7.96. The van der Waals surface area contributed by atoms with Gasteiger partial charge in [0, 0.05) is 13.0 Å². The fraction of sp³-hybridized carbons (Fsp3) is 0.778. The summed E-state index contributed by atoms with van der Waals surface area (Å²) in [4.78, 5) is 21.6. The molecular weight excluding hydrogens is 170 g/mol. The third-order valence-electron chi connectivity index (χ3n) is 2.67. The van der Waals surface area contributed by atoms with Gasteiger partial charge in [0.1, 0.15) is 0 Å². The molecule has 1 amide bonds. The van der Waals surface area contributed by atoms with Crippen LogP contribution in [0.1, 0.15) is 33.1 Å². The quantitative estimate of drug-likeness (QED) is 0.667. The van der Waals surface area contributed by atoms with Crippen LogP contribution in [-0.2, 0) is 9.59 Å². The van der Waals surface area contributed by atoms with Gasteiger partial charge in [-0.15, -0.1) is 0 Å². The summed E-state index contributed by atoms with van der Waals surface area (Å²) >= 11 is 0. The van der Waals surface area contributed by atoms with E-state index in [-0.39, 0.29) is 11.9 Å². The second-order valence-corrected chi connectivity index (χ2v) is 4.01. The van der Waals surface area contributed by atoms with Crippen LogP contribution in [0.3, 0.4) is 0 Å². The Morgan fingerprint density at radius 1 is 1.54 bits per heavy atom. The van der Waals surface area contributed by atoms with Crippen molar-refractivity contribution in [3.63, 3.8) is 0 Å². The van der Waals surface area contributed by atoms with Crippen molar-refractivity contribution in [2.75, 3.05) is 0 Å². The van der Waals surface area contributed by atoms with Crippen molar-refractivity contribution in [2.45, 2.75) is 39.2 Å². The average molecular weight is 185 g/mol. The molecule has 2 N–H and O–H groups in total. The van der Waals surface area contributed by atoms with Gasteiger partial charge in [-0.05, 0) is 26.2 Å². The first-order valence-electron chi connectivity index (χ1n) is 4.44. The highest BCUT2D eigenvalue weighted by Gasteiger charge is 2.41. The summed E-state index contributed by atoms with van der Waals surface area (Å²) in [6.45, 7) is 3.19. The smallest absolute Gasteiger partial charge is 0.309 e. The molecule has 0 aromatic carbocycles. The van der Waals surface area contributed by atoms with E-state index in [0.29, 0.717) is 12.8 Å². The molecular formula is C9H15NO3. The number of hydrogen-bond acceptors (Lipinski definition) is 2. The summed E-state index contributed by atoms with van der Waals surface area (Å²) in [5.41, 5.74) is -0.646. The number of carboxylic acid groups (broad SMARTS) is 1. The first kappa shape index (κ1) is 10.0. The highest BCUT2D eigenvalue weighted by atomic mass is 16.4. The van der Waals surface area contributed by atoms with Crippen LogP contribution in [0.25, 0.3) is 0 Å². The first-order valence-corrected chi connectivity index (χ1v) is 4.44. The summed E-state index contributed by atoms with van der Waals surface area (Å²) in [5.74, 6) is -0.847. The number of carbonyl (C=O) groups excluding carboxylic acids is 1. The van der Waals surface area contributed by atoms with E-state index in [9.17, 15) is 9.59 Å². The standard InChI is InChI=1S/C9H15NO3/c1-6(11)10-7-3-4-9(2,5-7)8(12)13/h7H,3-5H2,1-2H3,(H,10,11)(H,12,13)/t7-,9-/m1/s1. The summed E-state index contributed by atoms with van der Waals surface area (Å²) in [7, 11) is 0. The molecule has 0 spiro atoms. The molecule has 4 heteroatoms. The number of nitrogens with one attached hydrogen (secondary N) is 1. The van der Waals surface area contributed by atoms with E-state index in [0.717, 1.165) is 6.42 Å². The fourth-order valence-electron chi connectivity index (χ4n) is 1.85. The molecule has 0 aliphatic heterocycles. The van der Waals surface area contributed by atoms with Gasteiger partial charge >= 0.3 is 5.97 Å². The van der Waals surface area contributed by atoms with Crippen LogP contribution >= 0.6 is 0 Å². The monoisotopic (exact) mass is 185 g/mol. The molecule has 1 fully saturated rings. The third-order valence-corrected chi connectivity index (χ3v) is 2.67. The van der Waals surface area contributed by atoms with E-state index in [1.54, 1.807) is 6.92 Å². The maximum absolute atomic E-state index is 10.8. The molecule has 1 rings (SSSR count). The van der Waals surface area contributed by atoms with Crippen molar-refractivity contribution in [1.82, 2.24) is 5.32 Å². The number of carbonyl (C=O) groups is 2. The Morgan fingerprint density at radius 2 is 2.15 bits per heavy atom. The molecule has 0 aromatic rings. The van der Waals surface area contributed by atoms with Crippen molar-refractivity contribution in [3.05, 3.63) is 0 Å². The van der Waals surface area contributed by atoms with Crippen molar-refractivity contribution < 1.29 is 14.7 Å². The fourth-order valence-corrected chi connectivity index (χ4v) is 1.85. The van der Waals surface area contributed by atoms with Crippen LogP contribution in [0.4, 0.5) is 0 Å². The third kappa shape index (κ3) is 2.20. The average Bonchev–Trinajstić information content (AvgIpc) is 2.32. The highest BCUT2D eigenvalue weighted by Crippen LogP contribution is 2.37. The Kier molecular flexibility index (Phi) is 2.59. The van der Waals surface area contributed by atoms with Crippen molar-refractivity contribution in [1.29, 1.82) is 0 Å². The van der Waals surface area contributed by atoms with Crippen LogP contribution in [0.2, 0.25) is 0 Å². The van der Waals surface area contributed by atoms with Crippen LogP contribution in [-0.4, -0.2) is 23.0 Å². The minimum absolute atomic E-state index is 0.0404. The molecule has 0 bridgehead atoms. The molecule has 1 saturated carbocycles. The van der Waals surface area contributed by atoms with E-state index in [2.05, 4.69) is 5.32 Å². The SMILES string of the molecule is CC(=O)N[C@@H]1CC[C@@](C)(C(=O)O)C1. The molecule has 4 nitrogen and oxygen atoms in total. The Labute approximate surface area is 77.3 Å². The number of aliphatic carboxylic acids is 1. The van der Waals surface area contributed by atoms with E-state index in [1.165, 1.54) is 6.92 Å². The van der Waals surface area contributed by atoms with Gasteiger partial charge in [-0.25, -0.2) is 0 Å². The van der Waals surface area contributed by atoms with Crippen molar-refractivity contribution >= 4 is 11.9 Å². The second kappa shape index (κ2) is 3.36. The molecule has 2 atom stereocenters. The molecule has 1 aliphatic rings. The number of rotatable bonds is 2. The summed E-state index contributed by atoms with van der Waals surface area (Å²) < 4.78 is 0. The lowest BCUT2D eigenvalue weighted by Gasteiger charge is -2.18. The lowest BCUT2D eigenvalue weighted by Crippen LogP contribution is -2.33. The van der Waals surface area contributed by atoms with Crippen LogP contribution in [0.5, 0.6) is 0 Å². The molecule has 0 heterocycles. The Balaban J connectivity index is 2.53. The van der Waals surface area contributed by atoms with E-state index in [1.807, 2.05) is 0 Å². The van der Waals surface area contributed by atoms with Gasteiger partial charge in [0.25, 0.3) is 0 Å². The minimum Gasteiger partial charge on any atom is -0.481 e. The minimum atomic E-state index is -0.764. The van der Waals surface area contributed by atoms with E-state index < -0.39 is 11.4 Å². The highest BCUT2D eigenvalue weighted by molar-refractivity contribution is 5.76. The molecule has 0 saturated heterocycles. The summed E-state index contributed by atoms with van der Waals surface area (Å²) in [6, 6.07) is 0.0404. The molecule has 0 aromatic heterocycles. The predicted octanol–water partition coefficient (Wildman–Crippen LogP) is 0.766. The lowest BCUT2D eigenvalue weighted by atomic mass is 9.89. The van der Waals surface area contributed by atoms with Gasteiger partial charge in [0.05, 0.1) is 5.41 Å². The van der Waals surface area contributed by atoms with Gasteiger partial charge in [-0.2, -0.15) is 0 Å². The summed E-state index contributed by atoms with van der Waals surface area (Å²) in [5, 5.41) is 11.7. The number of hydrogen-bond donors (Lipinski definition) is 2. The van der Waals surface area contributed by atoms with Gasteiger partial charge in [0.15, 0.2) is 0 Å². The maximum atomic E-state index is 10.8. The topological polar surface area (TPSA) is 66.4 Å². The Morgan fingerprint density at radius 3 is 2.54 bits per heavy atom. The molecule has 13 heavy (non-hydrogen) atoms. The van der Waals surface area contributed by atoms with Crippen molar-refractivity contribution in [2.24, 2.45) is 5.41 Å². The predicted molar refractivity (Wildman–Crippen MR) is 47.2 cm³/mol. The second-order valence-electron chi connectivity index (χ2n) is 4.01. The molecule has 74 valence electrons. The van der Waals surface area contributed by atoms with Crippen LogP contribution in [0.15, 0.2) is 0 Å². The molecule has 0 radical (unpaired) electrons. The van der Waals surface area contributed by atoms with Gasteiger partial charge < -0.3 is 10.4 Å². The first-order chi connectivity index (χ1) is 5.94. The zero-order valence-corrected chi connectivity index (χ0v) is 7.96. The Bertz CT molecular complexity index is 239. The number of amides is 1.